The zero-order valence-corrected chi connectivity index (χ0v) is 20.1. The summed E-state index contributed by atoms with van der Waals surface area (Å²) in [5.74, 6) is 0.149. The van der Waals surface area contributed by atoms with Crippen LogP contribution in [0.3, 0.4) is 0 Å². The molecule has 9 nitrogen and oxygen atoms in total. The van der Waals surface area contributed by atoms with Crippen LogP contribution in [0.15, 0.2) is 42.5 Å². The predicted octanol–water partition coefficient (Wildman–Crippen LogP) is 3.86. The van der Waals surface area contributed by atoms with Crippen LogP contribution in [0.25, 0.3) is 0 Å². The van der Waals surface area contributed by atoms with Crippen molar-refractivity contribution in [2.45, 2.75) is 26.2 Å². The second kappa shape index (κ2) is 9.20. The van der Waals surface area contributed by atoms with Gasteiger partial charge >= 0.3 is 0 Å². The number of amides is 2. The summed E-state index contributed by atoms with van der Waals surface area (Å²) in [4.78, 5) is 43.1. The topological polar surface area (TPSA) is 96.2 Å². The SMILES string of the molecule is COc1ccc(N2CCN(c3ccc(N4C(=O)C5CCC(C)CC5C4=O)cc3[N+](=O)[O-])CC2)cc1. The first-order chi connectivity index (χ1) is 16.9. The Labute approximate surface area is 204 Å². The maximum atomic E-state index is 13.1. The Morgan fingerprint density at radius 1 is 0.886 bits per heavy atom. The number of carbonyl (C=O) groups excluding carboxylic acids is 2. The van der Waals surface area contributed by atoms with E-state index < -0.39 is 4.92 Å². The molecule has 0 aromatic heterocycles. The van der Waals surface area contributed by atoms with E-state index in [0.29, 0.717) is 43.2 Å². The molecule has 2 saturated heterocycles. The first kappa shape index (κ1) is 23.1. The van der Waals surface area contributed by atoms with E-state index in [1.807, 2.05) is 29.2 Å². The van der Waals surface area contributed by atoms with Gasteiger partial charge in [-0.2, -0.15) is 0 Å². The summed E-state index contributed by atoms with van der Waals surface area (Å²) in [6, 6.07) is 12.6. The monoisotopic (exact) mass is 478 g/mol. The molecule has 2 heterocycles. The van der Waals surface area contributed by atoms with Gasteiger partial charge in [0.1, 0.15) is 11.4 Å². The van der Waals surface area contributed by atoms with Crippen molar-refractivity contribution in [2.24, 2.45) is 17.8 Å². The Morgan fingerprint density at radius 3 is 2.17 bits per heavy atom. The molecule has 0 N–H and O–H groups in total. The van der Waals surface area contributed by atoms with Crippen molar-refractivity contribution in [1.29, 1.82) is 0 Å². The maximum Gasteiger partial charge on any atom is 0.294 e. The van der Waals surface area contributed by atoms with Gasteiger partial charge in [-0.05, 0) is 61.6 Å². The minimum atomic E-state index is -0.422. The molecule has 35 heavy (non-hydrogen) atoms. The van der Waals surface area contributed by atoms with Crippen molar-refractivity contribution in [3.8, 4) is 5.75 Å². The Kier molecular flexibility index (Phi) is 6.08. The lowest BCUT2D eigenvalue weighted by atomic mass is 9.76. The lowest BCUT2D eigenvalue weighted by molar-refractivity contribution is -0.384. The third-order valence-corrected chi connectivity index (χ3v) is 7.66. The number of anilines is 3. The van der Waals surface area contributed by atoms with Crippen LogP contribution in [-0.2, 0) is 9.59 Å². The highest BCUT2D eigenvalue weighted by Crippen LogP contribution is 2.43. The molecule has 3 fully saturated rings. The number of carbonyl (C=O) groups is 2. The molecular weight excluding hydrogens is 448 g/mol. The van der Waals surface area contributed by atoms with Crippen LogP contribution in [-0.4, -0.2) is 50.0 Å². The van der Waals surface area contributed by atoms with Gasteiger partial charge in [0, 0.05) is 37.9 Å². The predicted molar refractivity (Wildman–Crippen MR) is 133 cm³/mol. The minimum absolute atomic E-state index is 0.0794. The molecule has 3 atom stereocenters. The van der Waals surface area contributed by atoms with E-state index in [4.69, 9.17) is 4.74 Å². The number of piperazine rings is 1. The number of nitro benzene ring substituents is 1. The number of hydrogen-bond acceptors (Lipinski definition) is 7. The largest absolute Gasteiger partial charge is 0.497 e. The number of nitrogens with zero attached hydrogens (tertiary/aromatic N) is 4. The molecule has 2 aliphatic heterocycles. The fraction of sp³-hybridized carbons (Fsp3) is 0.462. The summed E-state index contributed by atoms with van der Waals surface area (Å²) in [7, 11) is 1.63. The molecule has 1 aliphatic carbocycles. The van der Waals surface area contributed by atoms with Crippen LogP contribution >= 0.6 is 0 Å². The quantitative estimate of drug-likeness (QED) is 0.366. The van der Waals surface area contributed by atoms with Gasteiger partial charge in [-0.15, -0.1) is 0 Å². The van der Waals surface area contributed by atoms with Gasteiger partial charge in [0.15, 0.2) is 0 Å². The van der Waals surface area contributed by atoms with Crippen molar-refractivity contribution < 1.29 is 19.2 Å². The normalized spacial score (nSPS) is 24.5. The van der Waals surface area contributed by atoms with Crippen molar-refractivity contribution in [1.82, 2.24) is 0 Å². The molecule has 3 unspecified atom stereocenters. The molecule has 0 radical (unpaired) electrons. The number of fused-ring (bicyclic) bond motifs is 1. The minimum Gasteiger partial charge on any atom is -0.497 e. The molecule has 2 amide bonds. The number of nitro groups is 1. The summed E-state index contributed by atoms with van der Waals surface area (Å²) >= 11 is 0. The Bertz CT molecular complexity index is 1140. The van der Waals surface area contributed by atoms with Gasteiger partial charge < -0.3 is 14.5 Å². The van der Waals surface area contributed by atoms with Crippen LogP contribution in [0.1, 0.15) is 26.2 Å². The van der Waals surface area contributed by atoms with Crippen molar-refractivity contribution in [2.75, 3.05) is 48.0 Å². The third-order valence-electron chi connectivity index (χ3n) is 7.66. The summed E-state index contributed by atoms with van der Waals surface area (Å²) in [5.41, 5.74) is 1.81. The second-order valence-corrected chi connectivity index (χ2v) is 9.75. The van der Waals surface area contributed by atoms with Crippen LogP contribution in [0.4, 0.5) is 22.7 Å². The summed E-state index contributed by atoms with van der Waals surface area (Å²) in [6.45, 7) is 4.78. The van der Waals surface area contributed by atoms with Crippen molar-refractivity contribution >= 4 is 34.6 Å². The standard InChI is InChI=1S/C26H30N4O5/c1-17-3-9-21-22(15-17)26(32)29(25(21)31)19-6-10-23(24(16-19)30(33)34)28-13-11-27(12-14-28)18-4-7-20(35-2)8-5-18/h4-8,10,16-17,21-22H,3,9,11-15H2,1-2H3. The van der Waals surface area contributed by atoms with E-state index in [1.165, 1.54) is 11.0 Å². The molecule has 0 bridgehead atoms. The van der Waals surface area contributed by atoms with Gasteiger partial charge in [-0.3, -0.25) is 19.7 Å². The van der Waals surface area contributed by atoms with Gasteiger partial charge in [0.05, 0.1) is 29.6 Å². The van der Waals surface area contributed by atoms with Crippen LogP contribution in [0.2, 0.25) is 0 Å². The molecule has 1 saturated carbocycles. The molecule has 3 aliphatic rings. The molecule has 184 valence electrons. The number of benzene rings is 2. The van der Waals surface area contributed by atoms with Crippen LogP contribution in [0, 0.1) is 27.9 Å². The number of hydrogen-bond donors (Lipinski definition) is 0. The highest BCUT2D eigenvalue weighted by molar-refractivity contribution is 6.22. The number of rotatable bonds is 5. The van der Waals surface area contributed by atoms with E-state index in [-0.39, 0.29) is 29.3 Å². The fourth-order valence-electron chi connectivity index (χ4n) is 5.71. The summed E-state index contributed by atoms with van der Waals surface area (Å²) < 4.78 is 5.22. The van der Waals surface area contributed by atoms with E-state index in [1.54, 1.807) is 19.2 Å². The average Bonchev–Trinajstić information content (AvgIpc) is 3.12. The van der Waals surface area contributed by atoms with E-state index in [0.717, 1.165) is 30.9 Å². The van der Waals surface area contributed by atoms with Gasteiger partial charge in [-0.1, -0.05) is 6.92 Å². The molecular formula is C26H30N4O5. The first-order valence-corrected chi connectivity index (χ1v) is 12.2. The molecule has 2 aromatic rings. The molecule has 9 heteroatoms. The Balaban J connectivity index is 1.34. The summed E-state index contributed by atoms with van der Waals surface area (Å²) in [5, 5.41) is 12.0. The van der Waals surface area contributed by atoms with Crippen LogP contribution < -0.4 is 19.4 Å². The number of methoxy groups -OCH3 is 1. The fourth-order valence-corrected chi connectivity index (χ4v) is 5.71. The van der Waals surface area contributed by atoms with E-state index in [2.05, 4.69) is 11.8 Å². The number of imide groups is 1. The van der Waals surface area contributed by atoms with Crippen molar-refractivity contribution in [3.05, 3.63) is 52.6 Å². The van der Waals surface area contributed by atoms with Crippen LogP contribution in [0.5, 0.6) is 5.75 Å². The van der Waals surface area contributed by atoms with Gasteiger partial charge in [0.25, 0.3) is 5.69 Å². The Hall–Kier alpha value is -3.62. The molecule has 2 aromatic carbocycles. The second-order valence-electron chi connectivity index (χ2n) is 9.75. The van der Waals surface area contributed by atoms with E-state index >= 15 is 0 Å². The van der Waals surface area contributed by atoms with Gasteiger partial charge in [-0.25, -0.2) is 4.90 Å². The molecule has 0 spiro atoms. The highest BCUT2D eigenvalue weighted by atomic mass is 16.6. The van der Waals surface area contributed by atoms with Crippen molar-refractivity contribution in [3.63, 3.8) is 0 Å². The lowest BCUT2D eigenvalue weighted by Crippen LogP contribution is -2.46. The molecule has 5 rings (SSSR count). The number of ether oxygens (including phenoxy) is 1. The maximum absolute atomic E-state index is 13.1. The average molecular weight is 479 g/mol. The zero-order chi connectivity index (χ0) is 24.7. The van der Waals surface area contributed by atoms with Gasteiger partial charge in [0.2, 0.25) is 11.8 Å². The Morgan fingerprint density at radius 2 is 1.51 bits per heavy atom. The first-order valence-electron chi connectivity index (χ1n) is 12.2. The zero-order valence-electron chi connectivity index (χ0n) is 20.1. The smallest absolute Gasteiger partial charge is 0.294 e. The third kappa shape index (κ3) is 4.19. The van der Waals surface area contributed by atoms with E-state index in [9.17, 15) is 19.7 Å². The lowest BCUT2D eigenvalue weighted by Gasteiger charge is -2.37. The summed E-state index contributed by atoms with van der Waals surface area (Å²) in [6.07, 6.45) is 2.32. The highest BCUT2D eigenvalue weighted by Gasteiger charge is 2.50.